The molecule has 2 aromatic carbocycles. The van der Waals surface area contributed by atoms with E-state index >= 15 is 0 Å². The van der Waals surface area contributed by atoms with Crippen molar-refractivity contribution in [2.75, 3.05) is 27.2 Å². The highest BCUT2D eigenvalue weighted by molar-refractivity contribution is 7.89. The molecular weight excluding hydrogens is 1040 g/mol. The lowest BCUT2D eigenvalue weighted by molar-refractivity contribution is -0.141. The molecule has 0 radical (unpaired) electrons. The van der Waals surface area contributed by atoms with Crippen LogP contribution < -0.4 is 42.4 Å². The Morgan fingerprint density at radius 1 is 0.775 bits per heavy atom. The number of nitrogens with zero attached hydrogens (tertiary/aromatic N) is 2. The molecule has 1 saturated carbocycles. The van der Waals surface area contributed by atoms with E-state index in [9.17, 15) is 51.6 Å². The second-order valence-corrected chi connectivity index (χ2v) is 25.1. The standard InChI is InChI=1S/C58H86N10O11S/c1-36(2)43(67(12)54(76)49(56(6,7)8)64-53(75)48(60-11)57(9,10)40-20-15-13-16-21-40)34-38(5)50(72)66-80(78,79)35-39-24-26-41(27-25-39)58(30-31-58)65-51(73)42(22-19-32-61-55(59)77)62-52(74)47(37(3)4)63-44(69)23-17-14-18-33-68-45(70)28-29-46(68)71/h13,15-16,20-21,24-29,34,36-37,42-43,47-49,60H,14,17-19,22-23,30-33,35H2,1-12H3,(H,62,74)(H,63,69)(H,64,75)(H,65,73)(H,66,72)(H3,59,61,77)/b38-34+/t42-,43+,47?,48+,49?/m0/s1. The highest BCUT2D eigenvalue weighted by Crippen LogP contribution is 2.45. The predicted molar refractivity (Wildman–Crippen MR) is 305 cm³/mol. The summed E-state index contributed by atoms with van der Waals surface area (Å²) >= 11 is 0. The minimum absolute atomic E-state index is 0.0581. The minimum atomic E-state index is -4.25. The maximum Gasteiger partial charge on any atom is 0.312 e. The maximum atomic E-state index is 14.4. The van der Waals surface area contributed by atoms with E-state index in [4.69, 9.17) is 5.73 Å². The zero-order valence-electron chi connectivity index (χ0n) is 48.6. The van der Waals surface area contributed by atoms with Gasteiger partial charge in [0.05, 0.1) is 23.4 Å². The first-order valence-corrected chi connectivity index (χ1v) is 29.1. The highest BCUT2D eigenvalue weighted by Gasteiger charge is 2.47. The molecule has 21 nitrogen and oxygen atoms in total. The zero-order chi connectivity index (χ0) is 59.9. The smallest absolute Gasteiger partial charge is 0.312 e. The van der Waals surface area contributed by atoms with Crippen LogP contribution in [0.4, 0.5) is 4.79 Å². The molecule has 0 saturated heterocycles. The molecule has 10 amide bonds. The summed E-state index contributed by atoms with van der Waals surface area (Å²) < 4.78 is 29.2. The number of carbonyl (C=O) groups is 9. The molecule has 0 aromatic heterocycles. The van der Waals surface area contributed by atoms with Crippen molar-refractivity contribution in [2.45, 2.75) is 168 Å². The fraction of sp³-hybridized carbons (Fsp3) is 0.569. The van der Waals surface area contributed by atoms with Crippen LogP contribution >= 0.6 is 0 Å². The monoisotopic (exact) mass is 1130 g/mol. The van der Waals surface area contributed by atoms with Crippen LogP contribution in [0.3, 0.4) is 0 Å². The lowest BCUT2D eigenvalue weighted by atomic mass is 9.76. The van der Waals surface area contributed by atoms with Crippen LogP contribution in [-0.4, -0.2) is 129 Å². The Balaban J connectivity index is 1.39. The number of urea groups is 1. The second kappa shape index (κ2) is 28.5. The number of nitrogens with two attached hydrogens (primary N) is 1. The molecule has 2 aliphatic rings. The molecule has 2 unspecified atom stereocenters. The number of amides is 10. The first-order valence-electron chi connectivity index (χ1n) is 27.4. The number of unbranched alkanes of at least 4 members (excludes halogenated alkanes) is 2. The van der Waals surface area contributed by atoms with Gasteiger partial charge in [0.1, 0.15) is 18.1 Å². The van der Waals surface area contributed by atoms with Gasteiger partial charge in [-0.1, -0.05) is 129 Å². The van der Waals surface area contributed by atoms with Crippen molar-refractivity contribution in [2.24, 2.45) is 23.0 Å². The average Bonchev–Trinajstić information content (AvgIpc) is 4.09. The highest BCUT2D eigenvalue weighted by atomic mass is 32.2. The summed E-state index contributed by atoms with van der Waals surface area (Å²) in [5, 5.41) is 17.3. The molecule has 5 atom stereocenters. The summed E-state index contributed by atoms with van der Waals surface area (Å²) in [5.74, 6) is -4.99. The quantitative estimate of drug-likeness (QED) is 0.0315. The van der Waals surface area contributed by atoms with Crippen LogP contribution in [0, 0.1) is 17.3 Å². The van der Waals surface area contributed by atoms with E-state index in [1.807, 2.05) is 78.8 Å². The number of likely N-dealkylation sites (N-methyl/N-ethyl adjacent to an activating group) is 2. The van der Waals surface area contributed by atoms with Gasteiger partial charge >= 0.3 is 6.03 Å². The van der Waals surface area contributed by atoms with E-state index in [1.54, 1.807) is 58.3 Å². The van der Waals surface area contributed by atoms with E-state index in [1.165, 1.54) is 24.0 Å². The van der Waals surface area contributed by atoms with E-state index in [0.717, 1.165) is 10.5 Å². The number of nitrogens with one attached hydrogen (secondary N) is 7. The summed E-state index contributed by atoms with van der Waals surface area (Å²) in [4.78, 5) is 120. The van der Waals surface area contributed by atoms with Crippen LogP contribution in [0.25, 0.3) is 0 Å². The van der Waals surface area contributed by atoms with Crippen molar-refractivity contribution in [3.8, 4) is 0 Å². The molecule has 1 aliphatic carbocycles. The van der Waals surface area contributed by atoms with Gasteiger partial charge in [0, 0.05) is 49.7 Å². The number of hydrogen-bond acceptors (Lipinski definition) is 12. The van der Waals surface area contributed by atoms with Crippen LogP contribution in [0.2, 0.25) is 0 Å². The first kappa shape index (κ1) is 65.6. The SMILES string of the molecule is CN[C@H](C(=O)NC(C(=O)N(C)[C@H](/C=C(\C)C(=O)NS(=O)(=O)Cc1ccc(C2(NC(=O)[C@H](CCCNC(N)=O)NC(=O)C(NC(=O)CCCCCN3C(=O)C=CC3=O)C(C)C)CC2)cc1)C(C)C)C(C)(C)C)C(C)(C)c1ccccc1. The fourth-order valence-electron chi connectivity index (χ4n) is 9.71. The zero-order valence-corrected chi connectivity index (χ0v) is 49.4. The van der Waals surface area contributed by atoms with Gasteiger partial charge in [-0.2, -0.15) is 0 Å². The number of sulfonamides is 1. The number of carbonyl (C=O) groups excluding carboxylic acids is 9. The Kier molecular flexibility index (Phi) is 23.3. The first-order chi connectivity index (χ1) is 37.3. The Hall–Kier alpha value is -6.94. The average molecular weight is 1130 g/mol. The van der Waals surface area contributed by atoms with Gasteiger partial charge in [-0.25, -0.2) is 17.9 Å². The molecule has 4 rings (SSSR count). The van der Waals surface area contributed by atoms with Gasteiger partial charge in [0.15, 0.2) is 0 Å². The van der Waals surface area contributed by atoms with Crippen LogP contribution in [0.15, 0.2) is 78.4 Å². The third-order valence-corrected chi connectivity index (χ3v) is 15.9. The van der Waals surface area contributed by atoms with Gasteiger partial charge in [-0.05, 0) is 86.4 Å². The molecule has 22 heteroatoms. The van der Waals surface area contributed by atoms with Crippen molar-refractivity contribution in [1.29, 1.82) is 0 Å². The summed E-state index contributed by atoms with van der Waals surface area (Å²) in [6, 6.07) is 11.0. The Bertz CT molecular complexity index is 2710. The number of imide groups is 1. The second-order valence-electron chi connectivity index (χ2n) is 23.4. The normalized spacial score (nSPS) is 16.3. The largest absolute Gasteiger partial charge is 0.352 e. The molecule has 9 N–H and O–H groups in total. The molecule has 2 aromatic rings. The third kappa shape index (κ3) is 18.6. The minimum Gasteiger partial charge on any atom is -0.352 e. The van der Waals surface area contributed by atoms with Crippen LogP contribution in [-0.2, 0) is 65.1 Å². The number of hydrogen-bond donors (Lipinski definition) is 8. The predicted octanol–water partition coefficient (Wildman–Crippen LogP) is 3.82. The lowest BCUT2D eigenvalue weighted by Crippen LogP contribution is -2.61. The molecule has 1 heterocycles. The molecular formula is C58H86N10O11S. The summed E-state index contributed by atoms with van der Waals surface area (Å²) in [6.45, 7) is 18.6. The van der Waals surface area contributed by atoms with Gasteiger partial charge in [-0.3, -0.25) is 43.3 Å². The Morgan fingerprint density at radius 2 is 1.39 bits per heavy atom. The maximum absolute atomic E-state index is 14.4. The van der Waals surface area contributed by atoms with E-state index in [2.05, 4.69) is 36.6 Å². The van der Waals surface area contributed by atoms with Crippen molar-refractivity contribution >= 4 is 63.3 Å². The van der Waals surface area contributed by atoms with E-state index < -0.39 is 92.0 Å². The van der Waals surface area contributed by atoms with Crippen molar-refractivity contribution in [3.05, 3.63) is 95.1 Å². The summed E-state index contributed by atoms with van der Waals surface area (Å²) in [7, 11) is -0.964. The molecule has 0 spiro atoms. The van der Waals surface area contributed by atoms with E-state index in [-0.39, 0.29) is 73.4 Å². The van der Waals surface area contributed by atoms with Crippen molar-refractivity contribution < 1.29 is 51.6 Å². The van der Waals surface area contributed by atoms with Gasteiger partial charge in [0.2, 0.25) is 39.6 Å². The number of primary amides is 1. The number of benzene rings is 2. The molecule has 80 heavy (non-hydrogen) atoms. The molecule has 1 aliphatic heterocycles. The third-order valence-electron chi connectivity index (χ3n) is 14.7. The number of rotatable bonds is 30. The van der Waals surface area contributed by atoms with Gasteiger partial charge < -0.3 is 42.5 Å². The fourth-order valence-corrected chi connectivity index (χ4v) is 10.9. The molecule has 0 bridgehead atoms. The Labute approximate surface area is 472 Å². The summed E-state index contributed by atoms with van der Waals surface area (Å²) in [5.41, 5.74) is 5.08. The molecule has 1 fully saturated rings. The Morgan fingerprint density at radius 3 is 1.93 bits per heavy atom. The van der Waals surface area contributed by atoms with Crippen LogP contribution in [0.5, 0.6) is 0 Å². The van der Waals surface area contributed by atoms with Gasteiger partial charge in [0.25, 0.3) is 17.7 Å². The van der Waals surface area contributed by atoms with Crippen LogP contribution in [0.1, 0.15) is 137 Å². The summed E-state index contributed by atoms with van der Waals surface area (Å²) in [6.07, 6.45) is 7.07. The van der Waals surface area contributed by atoms with E-state index in [0.29, 0.717) is 43.2 Å². The van der Waals surface area contributed by atoms with Crippen molar-refractivity contribution in [1.82, 2.24) is 46.4 Å². The lowest BCUT2D eigenvalue weighted by Gasteiger charge is -2.40. The van der Waals surface area contributed by atoms with Gasteiger partial charge in [-0.15, -0.1) is 0 Å². The topological polar surface area (TPSA) is 304 Å². The molecule has 440 valence electrons. The van der Waals surface area contributed by atoms with Crippen molar-refractivity contribution in [3.63, 3.8) is 0 Å².